The number of hydrogen-bond donors (Lipinski definition) is 1. The van der Waals surface area contributed by atoms with Crippen LogP contribution in [0.2, 0.25) is 0 Å². The molecule has 0 aromatic heterocycles. The van der Waals surface area contributed by atoms with E-state index >= 15 is 0 Å². The Morgan fingerprint density at radius 2 is 1.82 bits per heavy atom. The largest absolute Gasteiger partial charge is 0.488 e. The standard InChI is InChI=1S/C13H11Br2NO/c14-10-4-1-3-9(7-10)8-17-12-6-2-5-11(16)13(12)15/h1-7H,8,16H2. The summed E-state index contributed by atoms with van der Waals surface area (Å²) in [5.74, 6) is 0.755. The zero-order chi connectivity index (χ0) is 12.3. The van der Waals surface area contributed by atoms with Crippen molar-refractivity contribution in [2.24, 2.45) is 0 Å². The van der Waals surface area contributed by atoms with Gasteiger partial charge in [0.1, 0.15) is 12.4 Å². The molecule has 0 saturated heterocycles. The Bertz CT molecular complexity index is 529. The van der Waals surface area contributed by atoms with Crippen molar-refractivity contribution in [1.29, 1.82) is 0 Å². The third kappa shape index (κ3) is 3.23. The summed E-state index contributed by atoms with van der Waals surface area (Å²) in [6, 6.07) is 13.6. The fourth-order valence-electron chi connectivity index (χ4n) is 1.43. The van der Waals surface area contributed by atoms with E-state index in [0.29, 0.717) is 12.3 Å². The summed E-state index contributed by atoms with van der Waals surface area (Å²) in [6.07, 6.45) is 0. The summed E-state index contributed by atoms with van der Waals surface area (Å²) in [6.45, 7) is 0.515. The minimum atomic E-state index is 0.515. The molecule has 0 amide bonds. The van der Waals surface area contributed by atoms with Crippen LogP contribution in [0.25, 0.3) is 0 Å². The molecule has 0 aliphatic heterocycles. The van der Waals surface area contributed by atoms with Crippen molar-refractivity contribution in [2.75, 3.05) is 5.73 Å². The topological polar surface area (TPSA) is 35.2 Å². The molecule has 0 unspecified atom stereocenters. The minimum Gasteiger partial charge on any atom is -0.488 e. The van der Waals surface area contributed by atoms with Gasteiger partial charge in [0.05, 0.1) is 4.47 Å². The van der Waals surface area contributed by atoms with Gasteiger partial charge in [0, 0.05) is 10.2 Å². The molecule has 0 saturated carbocycles. The molecule has 0 spiro atoms. The van der Waals surface area contributed by atoms with E-state index in [4.69, 9.17) is 10.5 Å². The summed E-state index contributed by atoms with van der Waals surface area (Å²) < 4.78 is 7.56. The molecular formula is C13H11Br2NO. The van der Waals surface area contributed by atoms with Gasteiger partial charge in [-0.15, -0.1) is 0 Å². The van der Waals surface area contributed by atoms with E-state index in [-0.39, 0.29) is 0 Å². The number of nitrogen functional groups attached to an aromatic ring is 1. The van der Waals surface area contributed by atoms with Crippen LogP contribution < -0.4 is 10.5 Å². The molecule has 0 aliphatic rings. The van der Waals surface area contributed by atoms with Gasteiger partial charge in [-0.25, -0.2) is 0 Å². The van der Waals surface area contributed by atoms with Gasteiger partial charge in [0.15, 0.2) is 0 Å². The maximum Gasteiger partial charge on any atom is 0.136 e. The van der Waals surface area contributed by atoms with Gasteiger partial charge in [0.2, 0.25) is 0 Å². The number of rotatable bonds is 3. The molecule has 88 valence electrons. The van der Waals surface area contributed by atoms with Crippen LogP contribution in [0.15, 0.2) is 51.4 Å². The van der Waals surface area contributed by atoms with E-state index in [9.17, 15) is 0 Å². The smallest absolute Gasteiger partial charge is 0.136 e. The average molecular weight is 357 g/mol. The van der Waals surface area contributed by atoms with Crippen molar-refractivity contribution in [3.8, 4) is 5.75 Å². The second-order valence-electron chi connectivity index (χ2n) is 3.58. The minimum absolute atomic E-state index is 0.515. The summed E-state index contributed by atoms with van der Waals surface area (Å²) in [7, 11) is 0. The van der Waals surface area contributed by atoms with Crippen LogP contribution in [0, 0.1) is 0 Å². The highest BCUT2D eigenvalue weighted by molar-refractivity contribution is 9.11. The quantitative estimate of drug-likeness (QED) is 0.828. The average Bonchev–Trinajstić information content (AvgIpc) is 2.31. The Morgan fingerprint density at radius 3 is 2.59 bits per heavy atom. The van der Waals surface area contributed by atoms with E-state index in [1.807, 2.05) is 42.5 Å². The molecule has 2 nitrogen and oxygen atoms in total. The lowest BCUT2D eigenvalue weighted by atomic mass is 10.2. The number of nitrogens with two attached hydrogens (primary N) is 1. The van der Waals surface area contributed by atoms with E-state index in [0.717, 1.165) is 20.3 Å². The van der Waals surface area contributed by atoms with E-state index in [1.54, 1.807) is 0 Å². The normalized spacial score (nSPS) is 10.2. The molecule has 17 heavy (non-hydrogen) atoms. The Hall–Kier alpha value is -1.000. The molecule has 2 rings (SSSR count). The first-order valence-electron chi connectivity index (χ1n) is 5.08. The molecule has 2 aromatic rings. The Balaban J connectivity index is 2.10. The van der Waals surface area contributed by atoms with Crippen LogP contribution in [-0.4, -0.2) is 0 Å². The van der Waals surface area contributed by atoms with Gasteiger partial charge in [-0.3, -0.25) is 0 Å². The number of hydrogen-bond acceptors (Lipinski definition) is 2. The van der Waals surface area contributed by atoms with Gasteiger partial charge >= 0.3 is 0 Å². The van der Waals surface area contributed by atoms with Crippen molar-refractivity contribution in [3.05, 3.63) is 57.0 Å². The van der Waals surface area contributed by atoms with Crippen LogP contribution in [0.3, 0.4) is 0 Å². The lowest BCUT2D eigenvalue weighted by Crippen LogP contribution is -1.97. The maximum absolute atomic E-state index is 5.78. The van der Waals surface area contributed by atoms with Crippen LogP contribution in [0.4, 0.5) is 5.69 Å². The molecule has 0 atom stereocenters. The summed E-state index contributed by atoms with van der Waals surface area (Å²) >= 11 is 6.84. The number of halogens is 2. The molecule has 2 N–H and O–H groups in total. The lowest BCUT2D eigenvalue weighted by Gasteiger charge is -2.09. The van der Waals surface area contributed by atoms with Gasteiger partial charge in [-0.2, -0.15) is 0 Å². The van der Waals surface area contributed by atoms with E-state index < -0.39 is 0 Å². The van der Waals surface area contributed by atoms with Gasteiger partial charge in [-0.1, -0.05) is 34.1 Å². The molecule has 0 aliphatic carbocycles. The first kappa shape index (κ1) is 12.5. The second kappa shape index (κ2) is 5.56. The van der Waals surface area contributed by atoms with Gasteiger partial charge in [0.25, 0.3) is 0 Å². The van der Waals surface area contributed by atoms with E-state index in [2.05, 4.69) is 31.9 Å². The number of ether oxygens (including phenoxy) is 1. The van der Waals surface area contributed by atoms with Crippen molar-refractivity contribution < 1.29 is 4.74 Å². The zero-order valence-electron chi connectivity index (χ0n) is 8.99. The van der Waals surface area contributed by atoms with Crippen LogP contribution in [-0.2, 0) is 6.61 Å². The highest BCUT2D eigenvalue weighted by Crippen LogP contribution is 2.30. The molecule has 4 heteroatoms. The Kier molecular flexibility index (Phi) is 4.07. The predicted molar refractivity (Wildman–Crippen MR) is 77.0 cm³/mol. The molecule has 2 aromatic carbocycles. The summed E-state index contributed by atoms with van der Waals surface area (Å²) in [5.41, 5.74) is 7.56. The SMILES string of the molecule is Nc1cccc(OCc2cccc(Br)c2)c1Br. The van der Waals surface area contributed by atoms with Crippen molar-refractivity contribution in [2.45, 2.75) is 6.61 Å². The molecule has 0 fully saturated rings. The van der Waals surface area contributed by atoms with Crippen LogP contribution in [0.1, 0.15) is 5.56 Å². The fraction of sp³-hybridized carbons (Fsp3) is 0.0769. The maximum atomic E-state index is 5.78. The monoisotopic (exact) mass is 355 g/mol. The first-order chi connectivity index (χ1) is 8.16. The fourth-order valence-corrected chi connectivity index (χ4v) is 2.25. The van der Waals surface area contributed by atoms with Gasteiger partial charge < -0.3 is 10.5 Å². The highest BCUT2D eigenvalue weighted by atomic mass is 79.9. The Morgan fingerprint density at radius 1 is 1.06 bits per heavy atom. The third-order valence-electron chi connectivity index (χ3n) is 2.28. The van der Waals surface area contributed by atoms with Crippen LogP contribution >= 0.6 is 31.9 Å². The second-order valence-corrected chi connectivity index (χ2v) is 5.29. The molecular weight excluding hydrogens is 346 g/mol. The number of benzene rings is 2. The van der Waals surface area contributed by atoms with Gasteiger partial charge in [-0.05, 0) is 45.8 Å². The molecule has 0 heterocycles. The van der Waals surface area contributed by atoms with Crippen molar-refractivity contribution in [1.82, 2.24) is 0 Å². The molecule has 0 bridgehead atoms. The van der Waals surface area contributed by atoms with Crippen LogP contribution in [0.5, 0.6) is 5.75 Å². The summed E-state index contributed by atoms with van der Waals surface area (Å²) in [4.78, 5) is 0. The zero-order valence-corrected chi connectivity index (χ0v) is 12.2. The predicted octanol–water partition coefficient (Wildman–Crippen LogP) is 4.37. The molecule has 0 radical (unpaired) electrons. The number of anilines is 1. The highest BCUT2D eigenvalue weighted by Gasteiger charge is 2.04. The summed E-state index contributed by atoms with van der Waals surface area (Å²) in [5, 5.41) is 0. The van der Waals surface area contributed by atoms with Crippen molar-refractivity contribution in [3.63, 3.8) is 0 Å². The van der Waals surface area contributed by atoms with Crippen molar-refractivity contribution >= 4 is 37.5 Å². The Labute approximate surface area is 117 Å². The third-order valence-corrected chi connectivity index (χ3v) is 3.62. The van der Waals surface area contributed by atoms with E-state index in [1.165, 1.54) is 0 Å². The first-order valence-corrected chi connectivity index (χ1v) is 6.66. The lowest BCUT2D eigenvalue weighted by molar-refractivity contribution is 0.304.